The van der Waals surface area contributed by atoms with Crippen molar-refractivity contribution >= 4 is 5.97 Å². The van der Waals surface area contributed by atoms with Crippen LogP contribution in [0.5, 0.6) is 0 Å². The van der Waals surface area contributed by atoms with Gasteiger partial charge in [-0.25, -0.2) is 4.79 Å². The van der Waals surface area contributed by atoms with Gasteiger partial charge in [0.25, 0.3) is 0 Å². The first-order valence-corrected chi connectivity index (χ1v) is 3.66. The van der Waals surface area contributed by atoms with Crippen LogP contribution in [0.25, 0.3) is 0 Å². The van der Waals surface area contributed by atoms with Gasteiger partial charge in [0, 0.05) is 12.5 Å². The van der Waals surface area contributed by atoms with Crippen LogP contribution in [0.1, 0.15) is 12.8 Å². The van der Waals surface area contributed by atoms with Gasteiger partial charge in [0.05, 0.1) is 6.61 Å². The second kappa shape index (κ2) is 2.23. The van der Waals surface area contributed by atoms with E-state index >= 15 is 0 Å². The van der Waals surface area contributed by atoms with Gasteiger partial charge in [-0.05, 0) is 12.8 Å². The number of carbonyl (C=O) groups excluding carboxylic acids is 1. The van der Waals surface area contributed by atoms with E-state index in [4.69, 9.17) is 9.47 Å². The first-order chi connectivity index (χ1) is 4.88. The molecule has 0 radical (unpaired) electrons. The lowest BCUT2D eigenvalue weighted by Crippen LogP contribution is -2.30. The predicted octanol–water partition coefficient (Wildman–Crippen LogP) is 0.338. The number of ether oxygens (including phenoxy) is 2. The summed E-state index contributed by atoms with van der Waals surface area (Å²) in [4.78, 5) is 10.9. The van der Waals surface area contributed by atoms with Gasteiger partial charge < -0.3 is 9.47 Å². The fourth-order valence-corrected chi connectivity index (χ4v) is 1.55. The van der Waals surface area contributed by atoms with E-state index in [0.29, 0.717) is 12.5 Å². The molecule has 0 saturated carbocycles. The molecule has 2 atom stereocenters. The molecule has 2 heterocycles. The molecule has 10 heavy (non-hydrogen) atoms. The third-order valence-corrected chi connectivity index (χ3v) is 2.12. The third-order valence-electron chi connectivity index (χ3n) is 2.12. The van der Waals surface area contributed by atoms with Crippen LogP contribution >= 0.6 is 0 Å². The molecule has 2 rings (SSSR count). The van der Waals surface area contributed by atoms with Crippen LogP contribution < -0.4 is 0 Å². The second-order valence-electron chi connectivity index (χ2n) is 2.82. The van der Waals surface area contributed by atoms with Crippen LogP contribution in [0.3, 0.4) is 0 Å². The highest BCUT2D eigenvalue weighted by Gasteiger charge is 2.39. The van der Waals surface area contributed by atoms with Gasteiger partial charge in [-0.1, -0.05) is 0 Å². The number of fused-ring (bicyclic) bond motifs is 1. The normalized spacial score (nSPS) is 39.0. The van der Waals surface area contributed by atoms with Crippen LogP contribution in [-0.4, -0.2) is 25.3 Å². The molecule has 2 aliphatic heterocycles. The molecule has 2 aliphatic rings. The fraction of sp³-hybridized carbons (Fsp3) is 0.857. The highest BCUT2D eigenvalue weighted by atomic mass is 16.6. The standard InChI is InChI=1S/C7H10O3/c8-7-6-5(4-10-7)2-1-3-9-6/h5-6H,1-4H2/t5-,6-/m1/s1. The number of esters is 1. The van der Waals surface area contributed by atoms with Crippen LogP contribution in [0.15, 0.2) is 0 Å². The zero-order valence-corrected chi connectivity index (χ0v) is 5.71. The van der Waals surface area contributed by atoms with Gasteiger partial charge in [0.15, 0.2) is 6.10 Å². The topological polar surface area (TPSA) is 35.5 Å². The van der Waals surface area contributed by atoms with E-state index in [1.54, 1.807) is 0 Å². The van der Waals surface area contributed by atoms with E-state index in [-0.39, 0.29) is 12.1 Å². The minimum Gasteiger partial charge on any atom is -0.463 e. The highest BCUT2D eigenvalue weighted by molar-refractivity contribution is 5.77. The minimum atomic E-state index is -0.228. The molecule has 0 unspecified atom stereocenters. The van der Waals surface area contributed by atoms with Crippen molar-refractivity contribution in [2.24, 2.45) is 5.92 Å². The highest BCUT2D eigenvalue weighted by Crippen LogP contribution is 2.26. The van der Waals surface area contributed by atoms with Gasteiger partial charge in [-0.3, -0.25) is 0 Å². The van der Waals surface area contributed by atoms with Crippen LogP contribution in [0.4, 0.5) is 0 Å². The molecule has 0 spiro atoms. The molecule has 2 saturated heterocycles. The summed E-state index contributed by atoms with van der Waals surface area (Å²) in [6.45, 7) is 1.29. The molecule has 0 amide bonds. The summed E-state index contributed by atoms with van der Waals surface area (Å²) in [5.41, 5.74) is 0. The lowest BCUT2D eigenvalue weighted by molar-refractivity contribution is -0.148. The summed E-state index contributed by atoms with van der Waals surface area (Å²) in [5.74, 6) is 0.186. The third kappa shape index (κ3) is 0.814. The number of carbonyl (C=O) groups is 1. The lowest BCUT2D eigenvalue weighted by Gasteiger charge is -2.20. The molecule has 0 aromatic carbocycles. The number of hydrogen-bond donors (Lipinski definition) is 0. The van der Waals surface area contributed by atoms with Gasteiger partial charge in [0.1, 0.15) is 0 Å². The Kier molecular flexibility index (Phi) is 1.38. The molecule has 0 aromatic rings. The summed E-state index contributed by atoms with van der Waals surface area (Å²) in [6.07, 6.45) is 1.92. The van der Waals surface area contributed by atoms with E-state index in [1.807, 2.05) is 0 Å². The molecule has 3 heteroatoms. The number of hydrogen-bond acceptors (Lipinski definition) is 3. The van der Waals surface area contributed by atoms with Crippen LogP contribution in [0, 0.1) is 5.92 Å². The van der Waals surface area contributed by atoms with Crippen molar-refractivity contribution in [1.29, 1.82) is 0 Å². The summed E-state index contributed by atoms with van der Waals surface area (Å²) >= 11 is 0. The molecule has 0 N–H and O–H groups in total. The maximum Gasteiger partial charge on any atom is 0.335 e. The maximum absolute atomic E-state index is 10.9. The quantitative estimate of drug-likeness (QED) is 0.457. The van der Waals surface area contributed by atoms with Crippen LogP contribution in [0.2, 0.25) is 0 Å². The fourth-order valence-electron chi connectivity index (χ4n) is 1.55. The van der Waals surface area contributed by atoms with Crippen molar-refractivity contribution in [1.82, 2.24) is 0 Å². The summed E-state index contributed by atoms with van der Waals surface area (Å²) in [6, 6.07) is 0. The van der Waals surface area contributed by atoms with Crippen LogP contribution in [-0.2, 0) is 14.3 Å². The Morgan fingerprint density at radius 3 is 3.20 bits per heavy atom. The van der Waals surface area contributed by atoms with E-state index < -0.39 is 0 Å². The molecular weight excluding hydrogens is 132 g/mol. The van der Waals surface area contributed by atoms with E-state index in [2.05, 4.69) is 0 Å². The number of rotatable bonds is 0. The van der Waals surface area contributed by atoms with Crippen molar-refractivity contribution < 1.29 is 14.3 Å². The lowest BCUT2D eigenvalue weighted by atomic mass is 9.98. The zero-order chi connectivity index (χ0) is 6.97. The van der Waals surface area contributed by atoms with Gasteiger partial charge in [0.2, 0.25) is 0 Å². The average molecular weight is 142 g/mol. The molecule has 56 valence electrons. The largest absolute Gasteiger partial charge is 0.463 e. The maximum atomic E-state index is 10.9. The summed E-state index contributed by atoms with van der Waals surface area (Å²) in [5, 5.41) is 0. The van der Waals surface area contributed by atoms with Gasteiger partial charge >= 0.3 is 5.97 Å². The molecular formula is C7H10O3. The van der Waals surface area contributed by atoms with E-state index in [0.717, 1.165) is 19.4 Å². The first-order valence-electron chi connectivity index (χ1n) is 3.66. The summed E-state index contributed by atoms with van der Waals surface area (Å²) < 4.78 is 10.1. The SMILES string of the molecule is O=C1OC[C@H]2CCCO[C@@H]12. The van der Waals surface area contributed by atoms with E-state index in [1.165, 1.54) is 0 Å². The zero-order valence-electron chi connectivity index (χ0n) is 5.71. The monoisotopic (exact) mass is 142 g/mol. The van der Waals surface area contributed by atoms with Gasteiger partial charge in [-0.15, -0.1) is 0 Å². The Morgan fingerprint density at radius 2 is 2.40 bits per heavy atom. The first kappa shape index (κ1) is 6.16. The molecule has 0 aliphatic carbocycles. The molecule has 3 nitrogen and oxygen atoms in total. The summed E-state index contributed by atoms with van der Waals surface area (Å²) in [7, 11) is 0. The predicted molar refractivity (Wildman–Crippen MR) is 33.4 cm³/mol. The smallest absolute Gasteiger partial charge is 0.335 e. The number of cyclic esters (lactones) is 1. The molecule has 0 bridgehead atoms. The minimum absolute atomic E-state index is 0.162. The molecule has 2 fully saturated rings. The second-order valence-corrected chi connectivity index (χ2v) is 2.82. The Balaban J connectivity index is 2.08. The Bertz CT molecular complexity index is 155. The van der Waals surface area contributed by atoms with Crippen molar-refractivity contribution in [3.8, 4) is 0 Å². The van der Waals surface area contributed by atoms with Crippen molar-refractivity contribution in [2.75, 3.05) is 13.2 Å². The average Bonchev–Trinajstić information content (AvgIpc) is 2.34. The Hall–Kier alpha value is -0.570. The molecule has 0 aromatic heterocycles. The van der Waals surface area contributed by atoms with Crippen molar-refractivity contribution in [2.45, 2.75) is 18.9 Å². The Morgan fingerprint density at radius 1 is 1.50 bits per heavy atom. The van der Waals surface area contributed by atoms with E-state index in [9.17, 15) is 4.79 Å². The van der Waals surface area contributed by atoms with Crippen molar-refractivity contribution in [3.05, 3.63) is 0 Å². The Labute approximate surface area is 59.3 Å². The van der Waals surface area contributed by atoms with Gasteiger partial charge in [-0.2, -0.15) is 0 Å². The van der Waals surface area contributed by atoms with Crippen molar-refractivity contribution in [3.63, 3.8) is 0 Å².